The van der Waals surface area contributed by atoms with Crippen LogP contribution >= 0.6 is 11.6 Å². The van der Waals surface area contributed by atoms with Crippen molar-refractivity contribution < 1.29 is 14.3 Å². The Morgan fingerprint density at radius 2 is 1.59 bits per heavy atom. The monoisotopic (exact) mass is 483 g/mol. The number of benzene rings is 1. The molecule has 180 valence electrons. The van der Waals surface area contributed by atoms with Crippen LogP contribution in [0.5, 0.6) is 5.75 Å². The van der Waals surface area contributed by atoms with Gasteiger partial charge in [-0.2, -0.15) is 0 Å². The second kappa shape index (κ2) is 9.06. The minimum absolute atomic E-state index is 0.0675. The third kappa shape index (κ3) is 4.97. The van der Waals surface area contributed by atoms with E-state index in [2.05, 4.69) is 25.5 Å². The van der Waals surface area contributed by atoms with Crippen molar-refractivity contribution in [2.75, 3.05) is 4.90 Å². The first-order chi connectivity index (χ1) is 16.3. The highest BCUT2D eigenvalue weighted by Crippen LogP contribution is 2.38. The van der Waals surface area contributed by atoms with Crippen LogP contribution < -0.4 is 20.3 Å². The highest BCUT2D eigenvalue weighted by molar-refractivity contribution is 6.30. The van der Waals surface area contributed by atoms with Gasteiger partial charge in [-0.05, 0) is 76.6 Å². The van der Waals surface area contributed by atoms with E-state index < -0.39 is 5.60 Å². The molecule has 0 unspecified atom stereocenters. The summed E-state index contributed by atoms with van der Waals surface area (Å²) in [4.78, 5) is 36.5. The van der Waals surface area contributed by atoms with Crippen molar-refractivity contribution in [1.29, 1.82) is 0 Å². The van der Waals surface area contributed by atoms with Crippen LogP contribution in [0.3, 0.4) is 0 Å². The Morgan fingerprint density at radius 1 is 0.971 bits per heavy atom. The molecule has 2 amide bonds. The Balaban J connectivity index is 1.19. The summed E-state index contributed by atoms with van der Waals surface area (Å²) in [6.07, 6.45) is 9.05. The van der Waals surface area contributed by atoms with Crippen molar-refractivity contribution in [3.05, 3.63) is 47.2 Å². The van der Waals surface area contributed by atoms with Gasteiger partial charge in [0.25, 0.3) is 11.8 Å². The first-order valence-electron chi connectivity index (χ1n) is 12.0. The number of carbonyl (C=O) groups excluding carboxylic acids is 2. The summed E-state index contributed by atoms with van der Waals surface area (Å²) >= 11 is 5.94. The number of nitrogens with zero attached hydrogens (tertiary/aromatic N) is 3. The number of fused-ring (bicyclic) bond motifs is 2. The van der Waals surface area contributed by atoms with Gasteiger partial charge in [0, 0.05) is 41.6 Å². The zero-order valence-corrected chi connectivity index (χ0v) is 20.2. The number of rotatable bonds is 7. The molecule has 5 rings (SSSR count). The molecule has 8 nitrogen and oxygen atoms in total. The van der Waals surface area contributed by atoms with Gasteiger partial charge in [-0.25, -0.2) is 9.97 Å². The van der Waals surface area contributed by atoms with E-state index in [4.69, 9.17) is 16.3 Å². The van der Waals surface area contributed by atoms with Crippen LogP contribution in [0.4, 0.5) is 5.95 Å². The maximum absolute atomic E-state index is 13.0. The van der Waals surface area contributed by atoms with Gasteiger partial charge >= 0.3 is 0 Å². The maximum atomic E-state index is 13.0. The molecular weight excluding hydrogens is 454 g/mol. The number of hydrogen-bond donors (Lipinski definition) is 2. The molecular formula is C25H30ClN5O3. The predicted octanol–water partition coefficient (Wildman–Crippen LogP) is 3.50. The molecule has 2 aromatic rings. The van der Waals surface area contributed by atoms with E-state index in [9.17, 15) is 9.59 Å². The van der Waals surface area contributed by atoms with Gasteiger partial charge in [-0.1, -0.05) is 11.6 Å². The second-order valence-electron chi connectivity index (χ2n) is 10.0. The van der Waals surface area contributed by atoms with E-state index in [1.807, 2.05) is 0 Å². The average molecular weight is 484 g/mol. The Bertz CT molecular complexity index is 1040. The summed E-state index contributed by atoms with van der Waals surface area (Å²) < 4.78 is 5.94. The molecule has 2 saturated heterocycles. The van der Waals surface area contributed by atoms with Gasteiger partial charge in [0.2, 0.25) is 5.95 Å². The Morgan fingerprint density at radius 3 is 2.18 bits per heavy atom. The maximum Gasteiger partial charge on any atom is 0.263 e. The molecule has 34 heavy (non-hydrogen) atoms. The number of ether oxygens (including phenoxy) is 1. The highest BCUT2D eigenvalue weighted by atomic mass is 35.5. The molecule has 3 heterocycles. The zero-order chi connectivity index (χ0) is 23.9. The van der Waals surface area contributed by atoms with Crippen LogP contribution in [0, 0.1) is 0 Å². The zero-order valence-electron chi connectivity index (χ0n) is 19.5. The van der Waals surface area contributed by atoms with Gasteiger partial charge in [-0.15, -0.1) is 0 Å². The Hall–Kier alpha value is -2.87. The largest absolute Gasteiger partial charge is 0.478 e. The Kier molecular flexibility index (Phi) is 6.10. The van der Waals surface area contributed by atoms with E-state index in [1.54, 1.807) is 50.5 Å². The van der Waals surface area contributed by atoms with Crippen molar-refractivity contribution in [1.82, 2.24) is 20.6 Å². The van der Waals surface area contributed by atoms with Crippen LogP contribution in [-0.4, -0.2) is 51.6 Å². The number of amides is 2. The number of nitrogens with one attached hydrogen (secondary N) is 2. The minimum Gasteiger partial charge on any atom is -0.478 e. The van der Waals surface area contributed by atoms with Crippen molar-refractivity contribution in [3.63, 3.8) is 0 Å². The van der Waals surface area contributed by atoms with Crippen LogP contribution in [0.1, 0.15) is 62.7 Å². The van der Waals surface area contributed by atoms with Crippen LogP contribution in [0.2, 0.25) is 5.02 Å². The fourth-order valence-electron chi connectivity index (χ4n) is 4.89. The second-order valence-corrected chi connectivity index (χ2v) is 10.5. The molecule has 2 N–H and O–H groups in total. The summed E-state index contributed by atoms with van der Waals surface area (Å²) in [7, 11) is 0. The van der Waals surface area contributed by atoms with E-state index in [0.29, 0.717) is 28.3 Å². The normalized spacial score (nSPS) is 24.0. The summed E-state index contributed by atoms with van der Waals surface area (Å²) in [6, 6.07) is 7.90. The number of halogens is 1. The first-order valence-corrected chi connectivity index (χ1v) is 12.3. The van der Waals surface area contributed by atoms with Crippen molar-refractivity contribution >= 4 is 29.4 Å². The van der Waals surface area contributed by atoms with Crippen LogP contribution in [0.25, 0.3) is 0 Å². The summed E-state index contributed by atoms with van der Waals surface area (Å²) in [5.41, 5.74) is -0.516. The van der Waals surface area contributed by atoms with E-state index in [0.717, 1.165) is 38.5 Å². The molecule has 3 aliphatic rings. The lowest BCUT2D eigenvalue weighted by atomic mass is 9.96. The molecule has 1 aromatic carbocycles. The summed E-state index contributed by atoms with van der Waals surface area (Å²) in [5.74, 6) is 1.02. The number of anilines is 1. The standard InChI is InChI=1S/C25H30ClN5O3/c1-25(2,34-21-9-3-16(26)4-10-21)23(33)30-18-11-19-7-8-20(12-18)31(19)24-27-13-15(14-28-24)22(32)29-17-5-6-17/h3-4,9-10,13-14,17-20H,5-8,11-12H2,1-2H3,(H,29,32)(H,30,33)/t18-,19+,20-. The third-order valence-electron chi connectivity index (χ3n) is 6.85. The van der Waals surface area contributed by atoms with Gasteiger partial charge in [0.1, 0.15) is 5.75 Å². The molecule has 3 fully saturated rings. The molecule has 1 saturated carbocycles. The molecule has 0 spiro atoms. The number of aromatic nitrogens is 2. The fourth-order valence-corrected chi connectivity index (χ4v) is 5.02. The molecule has 9 heteroatoms. The number of carbonyl (C=O) groups is 2. The molecule has 0 radical (unpaired) electrons. The average Bonchev–Trinajstić information content (AvgIpc) is 3.58. The topological polar surface area (TPSA) is 96.5 Å². The fraction of sp³-hybridized carbons (Fsp3) is 0.520. The summed E-state index contributed by atoms with van der Waals surface area (Å²) in [6.45, 7) is 3.55. The molecule has 2 bridgehead atoms. The minimum atomic E-state index is -1.01. The van der Waals surface area contributed by atoms with Crippen molar-refractivity contribution in [2.24, 2.45) is 0 Å². The highest BCUT2D eigenvalue weighted by Gasteiger charge is 2.43. The molecule has 1 aliphatic carbocycles. The smallest absolute Gasteiger partial charge is 0.263 e. The Labute approximate surface area is 204 Å². The van der Waals surface area contributed by atoms with E-state index in [1.165, 1.54) is 0 Å². The van der Waals surface area contributed by atoms with Gasteiger partial charge in [0.15, 0.2) is 5.60 Å². The van der Waals surface area contributed by atoms with Gasteiger partial charge in [-0.3, -0.25) is 9.59 Å². The first kappa shape index (κ1) is 22.9. The van der Waals surface area contributed by atoms with Gasteiger partial charge < -0.3 is 20.3 Å². The lowest BCUT2D eigenvalue weighted by Crippen LogP contribution is -2.55. The van der Waals surface area contributed by atoms with Crippen LogP contribution in [0.15, 0.2) is 36.7 Å². The van der Waals surface area contributed by atoms with E-state index >= 15 is 0 Å². The van der Waals surface area contributed by atoms with Crippen LogP contribution in [-0.2, 0) is 4.79 Å². The molecule has 3 atom stereocenters. The van der Waals surface area contributed by atoms with Crippen molar-refractivity contribution in [3.8, 4) is 5.75 Å². The quantitative estimate of drug-likeness (QED) is 0.625. The SMILES string of the molecule is CC(C)(Oc1ccc(Cl)cc1)C(=O)N[C@H]1C[C@H]2CC[C@@H](C1)N2c1ncc(C(=O)NC2CC2)cn1. The lowest BCUT2D eigenvalue weighted by molar-refractivity contribution is -0.135. The molecule has 1 aromatic heterocycles. The number of hydrogen-bond acceptors (Lipinski definition) is 6. The third-order valence-corrected chi connectivity index (χ3v) is 7.10. The summed E-state index contributed by atoms with van der Waals surface area (Å²) in [5, 5.41) is 6.79. The lowest BCUT2D eigenvalue weighted by Gasteiger charge is -2.40. The van der Waals surface area contributed by atoms with Crippen molar-refractivity contribution in [2.45, 2.75) is 82.1 Å². The molecule has 2 aliphatic heterocycles. The number of piperidine rings is 1. The van der Waals surface area contributed by atoms with E-state index in [-0.39, 0.29) is 29.9 Å². The predicted molar refractivity (Wildman–Crippen MR) is 129 cm³/mol. The van der Waals surface area contributed by atoms with Gasteiger partial charge in [0.05, 0.1) is 5.56 Å².